The van der Waals surface area contributed by atoms with Crippen LogP contribution in [-0.2, 0) is 13.6 Å². The van der Waals surface area contributed by atoms with Gasteiger partial charge in [-0.15, -0.1) is 0 Å². The van der Waals surface area contributed by atoms with Crippen LogP contribution in [0.25, 0.3) is 0 Å². The fourth-order valence-electron chi connectivity index (χ4n) is 4.18. The molecule has 0 aliphatic rings. The molecule has 0 aliphatic carbocycles. The minimum Gasteiger partial charge on any atom is -0.756 e. The number of rotatable bonds is 23. The van der Waals surface area contributed by atoms with Gasteiger partial charge in [0.15, 0.2) is 0 Å². The monoisotopic (exact) mass is 538 g/mol. The first-order valence-corrected chi connectivity index (χ1v) is 19.4. The SMILES string of the molecule is CCCCC(CC)COP(=O)([O-])OCC(CC)CCCC.CCCC[P+](C)(CCCC)CCCC. The van der Waals surface area contributed by atoms with Gasteiger partial charge in [-0.3, -0.25) is 4.57 Å². The lowest BCUT2D eigenvalue weighted by atomic mass is 10.0. The number of hydrogen-bond donors (Lipinski definition) is 0. The van der Waals surface area contributed by atoms with Gasteiger partial charge in [0, 0.05) is 13.9 Å². The van der Waals surface area contributed by atoms with Gasteiger partial charge in [0.25, 0.3) is 7.82 Å². The zero-order valence-electron chi connectivity index (χ0n) is 25.1. The molecule has 0 aromatic heterocycles. The maximum Gasteiger partial charge on any atom is 0.267 e. The molecule has 0 saturated heterocycles. The normalized spacial score (nSPS) is 15.2. The van der Waals surface area contributed by atoms with E-state index < -0.39 is 15.1 Å². The molecule has 0 fully saturated rings. The molecule has 0 bridgehead atoms. The Labute approximate surface area is 222 Å². The molecule has 0 heterocycles. The van der Waals surface area contributed by atoms with Crippen molar-refractivity contribution in [2.45, 2.75) is 138 Å². The van der Waals surface area contributed by atoms with Crippen LogP contribution in [0.15, 0.2) is 0 Å². The van der Waals surface area contributed by atoms with Crippen molar-refractivity contribution < 1.29 is 18.5 Å². The second-order valence-electron chi connectivity index (χ2n) is 10.7. The topological polar surface area (TPSA) is 58.6 Å². The first kappa shape index (κ1) is 37.7. The molecule has 0 rings (SSSR count). The zero-order chi connectivity index (χ0) is 27.0. The molecule has 0 saturated carbocycles. The molecule has 0 aliphatic heterocycles. The lowest BCUT2D eigenvalue weighted by molar-refractivity contribution is -0.227. The van der Waals surface area contributed by atoms with Crippen molar-refractivity contribution in [3.05, 3.63) is 0 Å². The lowest BCUT2D eigenvalue weighted by Gasteiger charge is -2.27. The highest BCUT2D eigenvalue weighted by Gasteiger charge is 2.28. The van der Waals surface area contributed by atoms with Gasteiger partial charge in [0.05, 0.1) is 31.7 Å². The summed E-state index contributed by atoms with van der Waals surface area (Å²) in [7, 11) is -4.66. The molecule has 2 unspecified atom stereocenters. The largest absolute Gasteiger partial charge is 0.756 e. The third-order valence-corrected chi connectivity index (χ3v) is 12.3. The zero-order valence-corrected chi connectivity index (χ0v) is 26.9. The molecular weight excluding hydrogens is 474 g/mol. The van der Waals surface area contributed by atoms with Gasteiger partial charge >= 0.3 is 0 Å². The van der Waals surface area contributed by atoms with E-state index in [0.29, 0.717) is 11.8 Å². The van der Waals surface area contributed by atoms with Crippen molar-refractivity contribution >= 4 is 15.1 Å². The number of phosphoric ester groups is 1. The smallest absolute Gasteiger partial charge is 0.267 e. The van der Waals surface area contributed by atoms with Crippen LogP contribution in [0.5, 0.6) is 0 Å². The summed E-state index contributed by atoms with van der Waals surface area (Å²) in [6.07, 6.45) is 21.6. The second kappa shape index (κ2) is 24.9. The van der Waals surface area contributed by atoms with Crippen molar-refractivity contribution in [1.29, 1.82) is 0 Å². The second-order valence-corrected chi connectivity index (χ2v) is 16.7. The van der Waals surface area contributed by atoms with Crippen molar-refractivity contribution in [2.75, 3.05) is 38.4 Å². The maximum atomic E-state index is 11.8. The summed E-state index contributed by atoms with van der Waals surface area (Å²) in [5.74, 6) is 0.607. The third-order valence-electron chi connectivity index (χ3n) is 7.18. The average molecular weight is 539 g/mol. The Balaban J connectivity index is 0. The van der Waals surface area contributed by atoms with Gasteiger partial charge in [-0.05, 0) is 43.9 Å². The van der Waals surface area contributed by atoms with Crippen LogP contribution in [0.4, 0.5) is 0 Å². The minimum absolute atomic E-state index is 0.253. The molecule has 0 aromatic rings. The highest BCUT2D eigenvalue weighted by molar-refractivity contribution is 7.75. The van der Waals surface area contributed by atoms with E-state index in [-0.39, 0.29) is 13.2 Å². The predicted molar refractivity (Wildman–Crippen MR) is 158 cm³/mol. The van der Waals surface area contributed by atoms with E-state index in [2.05, 4.69) is 55.1 Å². The summed E-state index contributed by atoms with van der Waals surface area (Å²) in [6, 6.07) is 0. The molecule has 0 amide bonds. The van der Waals surface area contributed by atoms with E-state index in [9.17, 15) is 9.46 Å². The first-order chi connectivity index (χ1) is 16.7. The van der Waals surface area contributed by atoms with Crippen LogP contribution in [0, 0.1) is 11.8 Å². The summed E-state index contributed by atoms with van der Waals surface area (Å²) in [6.45, 7) is 18.5. The molecule has 4 nitrogen and oxygen atoms in total. The molecule has 6 heteroatoms. The average Bonchev–Trinajstić information content (AvgIpc) is 2.86. The molecular formula is C29H64O4P2. The van der Waals surface area contributed by atoms with Crippen LogP contribution in [0.3, 0.4) is 0 Å². The third kappa shape index (κ3) is 23.4. The summed E-state index contributed by atoms with van der Waals surface area (Å²) in [5.41, 5.74) is 0. The summed E-state index contributed by atoms with van der Waals surface area (Å²) in [5, 5.41) is 0. The van der Waals surface area contributed by atoms with Gasteiger partial charge in [-0.25, -0.2) is 0 Å². The van der Waals surface area contributed by atoms with E-state index in [1.165, 1.54) is 38.5 Å². The van der Waals surface area contributed by atoms with Crippen molar-refractivity contribution in [3.63, 3.8) is 0 Å². The van der Waals surface area contributed by atoms with Gasteiger partial charge in [0.2, 0.25) is 0 Å². The number of hydrogen-bond acceptors (Lipinski definition) is 4. The van der Waals surface area contributed by atoms with Crippen molar-refractivity contribution in [1.82, 2.24) is 0 Å². The van der Waals surface area contributed by atoms with Crippen molar-refractivity contribution in [3.8, 4) is 0 Å². The van der Waals surface area contributed by atoms with Gasteiger partial charge in [0.1, 0.15) is 0 Å². The number of phosphoric acid groups is 1. The van der Waals surface area contributed by atoms with Crippen LogP contribution in [0.1, 0.15) is 138 Å². The van der Waals surface area contributed by atoms with Gasteiger partial charge in [-0.1, -0.05) is 106 Å². The minimum atomic E-state index is -4.14. The standard InChI is InChI=1S/C16H35O4P.C13H30P/c1-5-9-11-15(7-3)13-19-21(17,18)20-14-16(8-4)12-10-6-2;1-5-8-11-14(4,12-9-6-2)13-10-7-3/h15-16H,5-14H2,1-4H3,(H,17,18);5-13H2,1-4H3/q;+1/p-1. The van der Waals surface area contributed by atoms with Crippen molar-refractivity contribution in [2.24, 2.45) is 11.8 Å². The fraction of sp³-hybridized carbons (Fsp3) is 1.00. The van der Waals surface area contributed by atoms with E-state index in [4.69, 9.17) is 9.05 Å². The van der Waals surface area contributed by atoms with Crippen LogP contribution < -0.4 is 4.89 Å². The van der Waals surface area contributed by atoms with Gasteiger partial charge in [-0.2, -0.15) is 0 Å². The highest BCUT2D eigenvalue weighted by Crippen LogP contribution is 2.57. The van der Waals surface area contributed by atoms with E-state index in [1.807, 2.05) is 0 Å². The molecule has 2 atom stereocenters. The van der Waals surface area contributed by atoms with E-state index in [0.717, 1.165) is 51.4 Å². The fourth-order valence-corrected chi connectivity index (χ4v) is 8.95. The van der Waals surface area contributed by atoms with E-state index in [1.54, 1.807) is 18.5 Å². The first-order valence-electron chi connectivity index (χ1n) is 15.1. The van der Waals surface area contributed by atoms with Crippen LogP contribution in [-0.4, -0.2) is 38.4 Å². The number of unbranched alkanes of at least 4 members (excludes halogenated alkanes) is 5. The lowest BCUT2D eigenvalue weighted by Crippen LogP contribution is -2.17. The highest BCUT2D eigenvalue weighted by atomic mass is 31.2. The summed E-state index contributed by atoms with van der Waals surface area (Å²) >= 11 is 0. The molecule has 0 N–H and O–H groups in total. The Morgan fingerprint density at radius 1 is 0.629 bits per heavy atom. The predicted octanol–water partition coefficient (Wildman–Crippen LogP) is 9.95. The summed E-state index contributed by atoms with van der Waals surface area (Å²) < 4.78 is 21.9. The molecule has 0 radical (unpaired) electrons. The Hall–Kier alpha value is 0.540. The Morgan fingerprint density at radius 3 is 1.20 bits per heavy atom. The van der Waals surface area contributed by atoms with Gasteiger partial charge < -0.3 is 13.9 Å². The Bertz CT molecular complexity index is 442. The van der Waals surface area contributed by atoms with Crippen LogP contribution >= 0.6 is 15.1 Å². The maximum absolute atomic E-state index is 11.8. The quantitative estimate of drug-likeness (QED) is 0.121. The summed E-state index contributed by atoms with van der Waals surface area (Å²) in [4.78, 5) is 11.8. The molecule has 214 valence electrons. The molecule has 35 heavy (non-hydrogen) atoms. The van der Waals surface area contributed by atoms with Crippen LogP contribution in [0.2, 0.25) is 0 Å². The van der Waals surface area contributed by atoms with E-state index >= 15 is 0 Å². The molecule has 0 spiro atoms. The Kier molecular flexibility index (Phi) is 26.8. The Morgan fingerprint density at radius 2 is 0.943 bits per heavy atom. The molecule has 0 aromatic carbocycles.